The minimum absolute atomic E-state index is 0.00117. The van der Waals surface area contributed by atoms with Crippen LogP contribution in [-0.4, -0.2) is 23.0 Å². The van der Waals surface area contributed by atoms with Crippen molar-refractivity contribution in [3.8, 4) is 5.88 Å². The van der Waals surface area contributed by atoms with Gasteiger partial charge in [-0.15, -0.1) is 0 Å². The molecule has 0 saturated heterocycles. The highest BCUT2D eigenvalue weighted by atomic mass is 35.5. The molecule has 21 heavy (non-hydrogen) atoms. The number of nitrogens with one attached hydrogen (secondary N) is 1. The molecule has 0 radical (unpaired) electrons. The predicted octanol–water partition coefficient (Wildman–Crippen LogP) is 3.51. The van der Waals surface area contributed by atoms with Crippen LogP contribution in [0.3, 0.4) is 0 Å². The minimum atomic E-state index is -0.00117. The van der Waals surface area contributed by atoms with Crippen LogP contribution in [0.15, 0.2) is 30.0 Å². The van der Waals surface area contributed by atoms with E-state index in [4.69, 9.17) is 16.3 Å². The SMILES string of the molecule is CC(C)=CC(=O)NC1CCC(Oc2ccc(Cl)cn2)CC1. The van der Waals surface area contributed by atoms with Gasteiger partial charge in [-0.2, -0.15) is 0 Å². The molecule has 2 rings (SSSR count). The number of carbonyl (C=O) groups is 1. The normalized spacial score (nSPS) is 21.5. The van der Waals surface area contributed by atoms with E-state index < -0.39 is 0 Å². The Hall–Kier alpha value is -1.55. The maximum Gasteiger partial charge on any atom is 0.244 e. The van der Waals surface area contributed by atoms with Gasteiger partial charge in [0.15, 0.2) is 0 Å². The molecule has 1 amide bonds. The van der Waals surface area contributed by atoms with Gasteiger partial charge in [0.2, 0.25) is 11.8 Å². The Labute approximate surface area is 130 Å². The van der Waals surface area contributed by atoms with Gasteiger partial charge in [-0.05, 0) is 45.6 Å². The fourth-order valence-electron chi connectivity index (χ4n) is 2.43. The van der Waals surface area contributed by atoms with Gasteiger partial charge in [-0.3, -0.25) is 4.79 Å². The van der Waals surface area contributed by atoms with Gasteiger partial charge in [0.05, 0.1) is 5.02 Å². The summed E-state index contributed by atoms with van der Waals surface area (Å²) in [6.07, 6.45) is 7.09. The summed E-state index contributed by atoms with van der Waals surface area (Å²) in [5.41, 5.74) is 1.01. The summed E-state index contributed by atoms with van der Waals surface area (Å²) in [5.74, 6) is 0.607. The van der Waals surface area contributed by atoms with Crippen molar-refractivity contribution >= 4 is 17.5 Å². The molecule has 0 bridgehead atoms. The fraction of sp³-hybridized carbons (Fsp3) is 0.500. The van der Waals surface area contributed by atoms with Crippen LogP contribution >= 0.6 is 11.6 Å². The Morgan fingerprint density at radius 2 is 2.05 bits per heavy atom. The van der Waals surface area contributed by atoms with Crippen LogP contribution in [0.1, 0.15) is 39.5 Å². The molecule has 1 aromatic heterocycles. The maximum absolute atomic E-state index is 11.7. The number of pyridine rings is 1. The first kappa shape index (κ1) is 15.8. The standard InChI is InChI=1S/C16H21ClN2O2/c1-11(2)9-15(20)19-13-4-6-14(7-5-13)21-16-8-3-12(17)10-18-16/h3,8-10,13-14H,4-7H2,1-2H3,(H,19,20). The summed E-state index contributed by atoms with van der Waals surface area (Å²) >= 11 is 5.79. The van der Waals surface area contributed by atoms with E-state index in [1.807, 2.05) is 13.8 Å². The number of ether oxygens (including phenoxy) is 1. The molecule has 0 unspecified atom stereocenters. The third kappa shape index (κ3) is 5.38. The molecule has 0 aromatic carbocycles. The molecule has 0 spiro atoms. The molecular weight excluding hydrogens is 288 g/mol. The van der Waals surface area contributed by atoms with Crippen molar-refractivity contribution in [2.45, 2.75) is 51.7 Å². The zero-order chi connectivity index (χ0) is 15.2. The predicted molar refractivity (Wildman–Crippen MR) is 83.5 cm³/mol. The van der Waals surface area contributed by atoms with Crippen molar-refractivity contribution in [2.75, 3.05) is 0 Å². The largest absolute Gasteiger partial charge is 0.474 e. The van der Waals surface area contributed by atoms with Crippen LogP contribution in [0.2, 0.25) is 5.02 Å². The van der Waals surface area contributed by atoms with E-state index in [1.54, 1.807) is 24.4 Å². The topological polar surface area (TPSA) is 51.2 Å². The van der Waals surface area contributed by atoms with Gasteiger partial charge in [0, 0.05) is 24.4 Å². The summed E-state index contributed by atoms with van der Waals surface area (Å²) < 4.78 is 5.83. The zero-order valence-corrected chi connectivity index (χ0v) is 13.2. The average Bonchev–Trinajstić information content (AvgIpc) is 2.42. The Morgan fingerprint density at radius 3 is 2.62 bits per heavy atom. The molecule has 5 heteroatoms. The summed E-state index contributed by atoms with van der Waals surface area (Å²) in [4.78, 5) is 15.8. The molecule has 0 aliphatic heterocycles. The van der Waals surface area contributed by atoms with Crippen molar-refractivity contribution in [3.05, 3.63) is 35.0 Å². The van der Waals surface area contributed by atoms with Crippen LogP contribution in [0, 0.1) is 0 Å². The van der Waals surface area contributed by atoms with Crippen LogP contribution in [-0.2, 0) is 4.79 Å². The van der Waals surface area contributed by atoms with Gasteiger partial charge in [-0.25, -0.2) is 4.98 Å². The Balaban J connectivity index is 1.76. The van der Waals surface area contributed by atoms with Crippen molar-refractivity contribution < 1.29 is 9.53 Å². The summed E-state index contributed by atoms with van der Waals surface area (Å²) in [6.45, 7) is 3.84. The molecule has 4 nitrogen and oxygen atoms in total. The zero-order valence-electron chi connectivity index (χ0n) is 12.4. The van der Waals surface area contributed by atoms with E-state index in [0.717, 1.165) is 31.3 Å². The molecule has 1 heterocycles. The smallest absolute Gasteiger partial charge is 0.244 e. The number of amides is 1. The molecule has 1 saturated carbocycles. The number of aromatic nitrogens is 1. The van der Waals surface area contributed by atoms with E-state index in [0.29, 0.717) is 10.9 Å². The van der Waals surface area contributed by atoms with Gasteiger partial charge in [0.25, 0.3) is 0 Å². The molecular formula is C16H21ClN2O2. The lowest BCUT2D eigenvalue weighted by atomic mass is 9.93. The summed E-state index contributed by atoms with van der Waals surface area (Å²) in [6, 6.07) is 3.80. The molecule has 1 aliphatic carbocycles. The average molecular weight is 309 g/mol. The Kier molecular flexibility index (Phi) is 5.62. The number of nitrogens with zero attached hydrogens (tertiary/aromatic N) is 1. The second-order valence-corrected chi connectivity index (χ2v) is 6.07. The summed E-state index contributed by atoms with van der Waals surface area (Å²) in [7, 11) is 0. The summed E-state index contributed by atoms with van der Waals surface area (Å²) in [5, 5.41) is 3.64. The quantitative estimate of drug-likeness (QED) is 0.866. The van der Waals surface area contributed by atoms with Gasteiger partial charge in [0.1, 0.15) is 6.10 Å². The van der Waals surface area contributed by atoms with E-state index in [-0.39, 0.29) is 18.1 Å². The Morgan fingerprint density at radius 1 is 1.33 bits per heavy atom. The number of allylic oxidation sites excluding steroid dienone is 1. The lowest BCUT2D eigenvalue weighted by Crippen LogP contribution is -2.39. The van der Waals surface area contributed by atoms with Crippen molar-refractivity contribution in [3.63, 3.8) is 0 Å². The second kappa shape index (κ2) is 7.46. The highest BCUT2D eigenvalue weighted by molar-refractivity contribution is 6.30. The van der Waals surface area contributed by atoms with Crippen LogP contribution in [0.25, 0.3) is 0 Å². The third-order valence-corrected chi connectivity index (χ3v) is 3.65. The van der Waals surface area contributed by atoms with Crippen LogP contribution in [0.4, 0.5) is 0 Å². The lowest BCUT2D eigenvalue weighted by Gasteiger charge is -2.29. The molecule has 0 atom stereocenters. The Bertz CT molecular complexity index is 502. The first-order valence-electron chi connectivity index (χ1n) is 7.26. The van der Waals surface area contributed by atoms with Crippen molar-refractivity contribution in [1.82, 2.24) is 10.3 Å². The first-order chi connectivity index (χ1) is 10.0. The minimum Gasteiger partial charge on any atom is -0.474 e. The highest BCUT2D eigenvalue weighted by Gasteiger charge is 2.23. The number of carbonyl (C=O) groups excluding carboxylic acids is 1. The third-order valence-electron chi connectivity index (χ3n) is 3.43. The van der Waals surface area contributed by atoms with Crippen molar-refractivity contribution in [2.24, 2.45) is 0 Å². The van der Waals surface area contributed by atoms with E-state index in [1.165, 1.54) is 0 Å². The molecule has 1 fully saturated rings. The van der Waals surface area contributed by atoms with Gasteiger partial charge >= 0.3 is 0 Å². The van der Waals surface area contributed by atoms with E-state index >= 15 is 0 Å². The monoisotopic (exact) mass is 308 g/mol. The number of hydrogen-bond donors (Lipinski definition) is 1. The lowest BCUT2D eigenvalue weighted by molar-refractivity contribution is -0.117. The van der Waals surface area contributed by atoms with E-state index in [9.17, 15) is 4.79 Å². The molecule has 1 aliphatic rings. The maximum atomic E-state index is 11.7. The number of halogens is 1. The van der Waals surface area contributed by atoms with E-state index in [2.05, 4.69) is 10.3 Å². The number of hydrogen-bond acceptors (Lipinski definition) is 3. The molecule has 1 aromatic rings. The van der Waals surface area contributed by atoms with Crippen molar-refractivity contribution in [1.29, 1.82) is 0 Å². The van der Waals surface area contributed by atoms with Crippen LogP contribution in [0.5, 0.6) is 5.88 Å². The molecule has 1 N–H and O–H groups in total. The van der Waals surface area contributed by atoms with Gasteiger partial charge in [-0.1, -0.05) is 17.2 Å². The second-order valence-electron chi connectivity index (χ2n) is 5.64. The molecule has 114 valence electrons. The number of rotatable bonds is 4. The van der Waals surface area contributed by atoms with Gasteiger partial charge < -0.3 is 10.1 Å². The fourth-order valence-corrected chi connectivity index (χ4v) is 2.54. The highest BCUT2D eigenvalue weighted by Crippen LogP contribution is 2.23. The van der Waals surface area contributed by atoms with Crippen LogP contribution < -0.4 is 10.1 Å². The first-order valence-corrected chi connectivity index (χ1v) is 7.64.